The summed E-state index contributed by atoms with van der Waals surface area (Å²) in [5.74, 6) is 1.45. The summed E-state index contributed by atoms with van der Waals surface area (Å²) in [5.41, 5.74) is 0. The number of rotatable bonds is 4. The van der Waals surface area contributed by atoms with Crippen molar-refractivity contribution in [2.24, 2.45) is 0 Å². The van der Waals surface area contributed by atoms with Gasteiger partial charge in [-0.25, -0.2) is 9.97 Å². The van der Waals surface area contributed by atoms with Crippen LogP contribution in [0.1, 0.15) is 0 Å². The van der Waals surface area contributed by atoms with Crippen LogP contribution in [-0.4, -0.2) is 32.7 Å². The van der Waals surface area contributed by atoms with Gasteiger partial charge in [0.05, 0.1) is 3.57 Å². The third-order valence-electron chi connectivity index (χ3n) is 1.35. The highest BCUT2D eigenvalue weighted by Gasteiger charge is 1.99. The van der Waals surface area contributed by atoms with Crippen molar-refractivity contribution in [1.29, 1.82) is 0 Å². The summed E-state index contributed by atoms with van der Waals surface area (Å²) in [6.45, 7) is 0.677. The van der Waals surface area contributed by atoms with E-state index in [4.69, 9.17) is 0 Å². The molecule has 0 bridgehead atoms. The maximum absolute atomic E-state index is 10.8. The zero-order chi connectivity index (χ0) is 9.68. The van der Waals surface area contributed by atoms with E-state index in [0.29, 0.717) is 12.3 Å². The van der Waals surface area contributed by atoms with Crippen molar-refractivity contribution in [2.45, 2.75) is 0 Å². The van der Waals surface area contributed by atoms with Crippen LogP contribution in [0.15, 0.2) is 12.5 Å². The molecule has 72 valence electrons. The van der Waals surface area contributed by atoms with Gasteiger partial charge in [-0.05, 0) is 22.6 Å². The highest BCUT2D eigenvalue weighted by atomic mass is 127. The van der Waals surface area contributed by atoms with Gasteiger partial charge in [-0.3, -0.25) is 4.21 Å². The molecule has 0 radical (unpaired) electrons. The van der Waals surface area contributed by atoms with Gasteiger partial charge in [0.2, 0.25) is 0 Å². The first-order valence-electron chi connectivity index (χ1n) is 3.69. The summed E-state index contributed by atoms with van der Waals surface area (Å²) in [7, 11) is -0.754. The average Bonchev–Trinajstić information content (AvgIpc) is 2.08. The number of aromatic nitrogens is 2. The van der Waals surface area contributed by atoms with Gasteiger partial charge >= 0.3 is 0 Å². The summed E-state index contributed by atoms with van der Waals surface area (Å²) in [6.07, 6.45) is 4.92. The summed E-state index contributed by atoms with van der Waals surface area (Å²) < 4.78 is 11.7. The summed E-state index contributed by atoms with van der Waals surface area (Å²) in [6, 6.07) is 0. The van der Waals surface area contributed by atoms with Crippen LogP contribution >= 0.6 is 22.6 Å². The highest BCUT2D eigenvalue weighted by Crippen LogP contribution is 2.11. The Morgan fingerprint density at radius 1 is 1.69 bits per heavy atom. The minimum absolute atomic E-state index is 0.639. The zero-order valence-electron chi connectivity index (χ0n) is 7.16. The van der Waals surface area contributed by atoms with Gasteiger partial charge in [0.25, 0.3) is 0 Å². The minimum atomic E-state index is -0.754. The molecular formula is C7H10IN3OS. The number of hydrogen-bond acceptors (Lipinski definition) is 4. The minimum Gasteiger partial charge on any atom is -0.368 e. The van der Waals surface area contributed by atoms with Crippen molar-refractivity contribution in [2.75, 3.05) is 23.9 Å². The van der Waals surface area contributed by atoms with E-state index in [1.807, 2.05) is 0 Å². The third kappa shape index (κ3) is 3.99. The van der Waals surface area contributed by atoms with Gasteiger partial charge < -0.3 is 5.32 Å². The van der Waals surface area contributed by atoms with Crippen LogP contribution in [0.2, 0.25) is 0 Å². The van der Waals surface area contributed by atoms with E-state index in [1.165, 1.54) is 6.33 Å². The summed E-state index contributed by atoms with van der Waals surface area (Å²) in [4.78, 5) is 7.92. The Morgan fingerprint density at radius 3 is 3.08 bits per heavy atom. The average molecular weight is 311 g/mol. The molecule has 1 aromatic heterocycles. The Morgan fingerprint density at radius 2 is 2.46 bits per heavy atom. The Hall–Kier alpha value is -0.240. The second kappa shape index (κ2) is 5.48. The zero-order valence-corrected chi connectivity index (χ0v) is 10.1. The fourth-order valence-electron chi connectivity index (χ4n) is 0.756. The molecule has 1 N–H and O–H groups in total. The molecule has 0 spiro atoms. The van der Waals surface area contributed by atoms with Crippen molar-refractivity contribution in [3.05, 3.63) is 16.1 Å². The molecule has 4 nitrogen and oxygen atoms in total. The lowest BCUT2D eigenvalue weighted by atomic mass is 10.5. The maximum Gasteiger partial charge on any atom is 0.142 e. The molecule has 0 aliphatic rings. The number of hydrogen-bond donors (Lipinski definition) is 1. The Balaban J connectivity index is 2.45. The van der Waals surface area contributed by atoms with E-state index < -0.39 is 10.8 Å². The number of nitrogens with zero attached hydrogens (tertiary/aromatic N) is 2. The van der Waals surface area contributed by atoms with Gasteiger partial charge in [-0.1, -0.05) is 0 Å². The van der Waals surface area contributed by atoms with Crippen molar-refractivity contribution in [1.82, 2.24) is 9.97 Å². The van der Waals surface area contributed by atoms with Crippen LogP contribution in [0.3, 0.4) is 0 Å². The van der Waals surface area contributed by atoms with Crippen LogP contribution in [0.4, 0.5) is 5.82 Å². The molecule has 1 rings (SSSR count). The first kappa shape index (κ1) is 10.8. The van der Waals surface area contributed by atoms with Crippen LogP contribution < -0.4 is 5.32 Å². The molecule has 0 aliphatic carbocycles. The molecule has 0 aliphatic heterocycles. The van der Waals surface area contributed by atoms with Gasteiger partial charge in [-0.15, -0.1) is 0 Å². The SMILES string of the molecule is CS(=O)CCNc1ncncc1I. The molecule has 1 heterocycles. The first-order valence-corrected chi connectivity index (χ1v) is 6.50. The maximum atomic E-state index is 10.8. The van der Waals surface area contributed by atoms with Crippen LogP contribution in [0.5, 0.6) is 0 Å². The number of halogens is 1. The second-order valence-corrected chi connectivity index (χ2v) is 5.14. The van der Waals surface area contributed by atoms with Crippen LogP contribution in [0.25, 0.3) is 0 Å². The molecule has 0 amide bonds. The fraction of sp³-hybridized carbons (Fsp3) is 0.429. The van der Waals surface area contributed by atoms with E-state index in [1.54, 1.807) is 12.5 Å². The topological polar surface area (TPSA) is 54.9 Å². The molecule has 1 unspecified atom stereocenters. The number of anilines is 1. The van der Waals surface area contributed by atoms with Crippen molar-refractivity contribution >= 4 is 39.2 Å². The van der Waals surface area contributed by atoms with Gasteiger partial charge in [-0.2, -0.15) is 0 Å². The van der Waals surface area contributed by atoms with Crippen molar-refractivity contribution in [3.8, 4) is 0 Å². The normalized spacial score (nSPS) is 12.5. The molecule has 1 aromatic rings. The standard InChI is InChI=1S/C7H10IN3OS/c1-13(12)3-2-10-7-6(8)4-9-5-11-7/h4-5H,2-3H2,1H3,(H,9,10,11). The summed E-state index contributed by atoms with van der Waals surface area (Å²) >= 11 is 2.15. The lowest BCUT2D eigenvalue weighted by Gasteiger charge is -2.04. The molecule has 0 aromatic carbocycles. The fourth-order valence-corrected chi connectivity index (χ4v) is 1.64. The first-order chi connectivity index (χ1) is 6.20. The lowest BCUT2D eigenvalue weighted by molar-refractivity contribution is 0.687. The Kier molecular flexibility index (Phi) is 4.57. The highest BCUT2D eigenvalue weighted by molar-refractivity contribution is 14.1. The van der Waals surface area contributed by atoms with Gasteiger partial charge in [0.1, 0.15) is 12.1 Å². The Bertz CT molecular complexity index is 308. The monoisotopic (exact) mass is 311 g/mol. The van der Waals surface area contributed by atoms with Crippen LogP contribution in [-0.2, 0) is 10.8 Å². The van der Waals surface area contributed by atoms with Crippen molar-refractivity contribution < 1.29 is 4.21 Å². The lowest BCUT2D eigenvalue weighted by Crippen LogP contribution is -2.11. The summed E-state index contributed by atoms with van der Waals surface area (Å²) in [5, 5.41) is 3.09. The smallest absolute Gasteiger partial charge is 0.142 e. The Labute approximate surface area is 93.2 Å². The van der Waals surface area contributed by atoms with Gasteiger partial charge in [0.15, 0.2) is 0 Å². The van der Waals surface area contributed by atoms with E-state index in [0.717, 1.165) is 9.39 Å². The van der Waals surface area contributed by atoms with Crippen molar-refractivity contribution in [3.63, 3.8) is 0 Å². The molecule has 1 atom stereocenters. The molecule has 0 saturated carbocycles. The van der Waals surface area contributed by atoms with Gasteiger partial charge in [0, 0.05) is 35.5 Å². The molecule has 6 heteroatoms. The molecule has 0 fully saturated rings. The predicted molar refractivity (Wildman–Crippen MR) is 62.2 cm³/mol. The second-order valence-electron chi connectivity index (χ2n) is 2.42. The predicted octanol–water partition coefficient (Wildman–Crippen LogP) is 0.872. The molecular weight excluding hydrogens is 301 g/mol. The molecule has 0 saturated heterocycles. The quantitative estimate of drug-likeness (QED) is 0.839. The third-order valence-corrected chi connectivity index (χ3v) is 2.92. The van der Waals surface area contributed by atoms with E-state index in [9.17, 15) is 4.21 Å². The van der Waals surface area contributed by atoms with E-state index in [-0.39, 0.29) is 0 Å². The van der Waals surface area contributed by atoms with Crippen LogP contribution in [0, 0.1) is 3.57 Å². The largest absolute Gasteiger partial charge is 0.368 e. The van der Waals surface area contributed by atoms with E-state index in [2.05, 4.69) is 37.9 Å². The molecule has 13 heavy (non-hydrogen) atoms. The van der Waals surface area contributed by atoms with E-state index >= 15 is 0 Å². The number of nitrogens with one attached hydrogen (secondary N) is 1.